The first kappa shape index (κ1) is 20.8. The summed E-state index contributed by atoms with van der Waals surface area (Å²) < 4.78 is 5.57. The molecule has 3 fully saturated rings. The second-order valence-corrected chi connectivity index (χ2v) is 9.81. The summed E-state index contributed by atoms with van der Waals surface area (Å²) in [7, 11) is 3.91. The number of aliphatic hydroxyl groups excluding tert-OH is 1. The maximum atomic E-state index is 11.8. The van der Waals surface area contributed by atoms with Gasteiger partial charge in [0, 0.05) is 31.2 Å². The molecular formula is C27H36N2O2. The van der Waals surface area contributed by atoms with Crippen LogP contribution in [0.2, 0.25) is 0 Å². The summed E-state index contributed by atoms with van der Waals surface area (Å²) in [5, 5.41) is 11.8. The van der Waals surface area contributed by atoms with Gasteiger partial charge in [0.05, 0.1) is 19.3 Å². The first-order valence-corrected chi connectivity index (χ1v) is 12.0. The van der Waals surface area contributed by atoms with E-state index < -0.39 is 0 Å². The van der Waals surface area contributed by atoms with Crippen LogP contribution in [0.1, 0.15) is 55.7 Å². The second kappa shape index (κ2) is 8.48. The van der Waals surface area contributed by atoms with Gasteiger partial charge in [0.25, 0.3) is 0 Å². The molecule has 2 aromatic carbocycles. The third-order valence-electron chi connectivity index (χ3n) is 8.41. The minimum Gasteiger partial charge on any atom is -0.497 e. The molecule has 4 heteroatoms. The lowest BCUT2D eigenvalue weighted by Crippen LogP contribution is -2.58. The van der Waals surface area contributed by atoms with Crippen molar-refractivity contribution in [3.05, 3.63) is 59.7 Å². The predicted octanol–water partition coefficient (Wildman–Crippen LogP) is 4.84. The quantitative estimate of drug-likeness (QED) is 0.751. The number of methoxy groups -OCH3 is 1. The number of hydrogen-bond acceptors (Lipinski definition) is 4. The van der Waals surface area contributed by atoms with E-state index in [1.165, 1.54) is 29.7 Å². The van der Waals surface area contributed by atoms with E-state index in [1.807, 2.05) is 6.07 Å². The van der Waals surface area contributed by atoms with Crippen LogP contribution < -0.4 is 9.64 Å². The molecule has 3 saturated heterocycles. The van der Waals surface area contributed by atoms with Gasteiger partial charge in [0.15, 0.2) is 0 Å². The van der Waals surface area contributed by atoms with Gasteiger partial charge >= 0.3 is 0 Å². The SMILES string of the molecule is CC[C@H]1CN2CC[C@H]1C[C@@H]2[C@@H](O)C1CC(c2ccccc2)N(C)c2ccc(OC)cc21. The summed E-state index contributed by atoms with van der Waals surface area (Å²) in [6.07, 6.45) is 4.27. The highest BCUT2D eigenvalue weighted by Gasteiger charge is 2.46. The third-order valence-corrected chi connectivity index (χ3v) is 8.41. The Labute approximate surface area is 186 Å². The standard InChI is InChI=1S/C27H36N2O2/c1-4-18-17-29-13-12-20(18)14-26(29)27(30)23-16-25(19-8-6-5-7-9-19)28(2)24-11-10-21(31-3)15-22(23)24/h5-11,15,18,20,23,25-27,30H,4,12-14,16-17H2,1-3H3/t18-,20-,23?,25?,26+,27-/m0/s1. The van der Waals surface area contributed by atoms with Crippen LogP contribution in [0, 0.1) is 11.8 Å². The van der Waals surface area contributed by atoms with Crippen LogP contribution in [0.15, 0.2) is 48.5 Å². The average Bonchev–Trinajstić information content (AvgIpc) is 2.84. The molecule has 2 bridgehead atoms. The predicted molar refractivity (Wildman–Crippen MR) is 126 cm³/mol. The molecule has 7 atom stereocenters. The topological polar surface area (TPSA) is 35.9 Å². The fourth-order valence-electron chi connectivity index (χ4n) is 6.60. The molecule has 1 N–H and O–H groups in total. The lowest BCUT2D eigenvalue weighted by atomic mass is 9.70. The van der Waals surface area contributed by atoms with E-state index in [2.05, 4.69) is 66.2 Å². The number of hydrogen-bond donors (Lipinski definition) is 1. The zero-order chi connectivity index (χ0) is 21.5. The summed E-state index contributed by atoms with van der Waals surface area (Å²) in [6, 6.07) is 17.7. The Balaban J connectivity index is 1.50. The molecule has 31 heavy (non-hydrogen) atoms. The van der Waals surface area contributed by atoms with E-state index in [4.69, 9.17) is 4.74 Å². The molecule has 4 heterocycles. The van der Waals surface area contributed by atoms with Crippen LogP contribution in [-0.4, -0.2) is 49.4 Å². The normalized spacial score (nSPS) is 33.1. The zero-order valence-electron chi connectivity index (χ0n) is 19.1. The molecule has 2 aromatic rings. The Morgan fingerprint density at radius 1 is 1.13 bits per heavy atom. The number of ether oxygens (including phenoxy) is 1. The first-order valence-electron chi connectivity index (χ1n) is 12.0. The van der Waals surface area contributed by atoms with Crippen molar-refractivity contribution < 1.29 is 9.84 Å². The molecule has 0 amide bonds. The van der Waals surface area contributed by atoms with Gasteiger partial charge in [-0.1, -0.05) is 43.7 Å². The Morgan fingerprint density at radius 2 is 1.94 bits per heavy atom. The van der Waals surface area contributed by atoms with E-state index in [0.717, 1.165) is 43.5 Å². The first-order chi connectivity index (χ1) is 15.1. The number of rotatable bonds is 5. The van der Waals surface area contributed by atoms with Gasteiger partial charge in [-0.15, -0.1) is 0 Å². The van der Waals surface area contributed by atoms with Crippen LogP contribution in [0.4, 0.5) is 5.69 Å². The Morgan fingerprint density at radius 3 is 2.61 bits per heavy atom. The van der Waals surface area contributed by atoms with Crippen LogP contribution >= 0.6 is 0 Å². The lowest BCUT2D eigenvalue weighted by Gasteiger charge is -2.53. The molecule has 6 rings (SSSR count). The van der Waals surface area contributed by atoms with Gasteiger partial charge < -0.3 is 14.7 Å². The maximum absolute atomic E-state index is 11.8. The number of aliphatic hydroxyl groups is 1. The van der Waals surface area contributed by atoms with Crippen LogP contribution in [-0.2, 0) is 0 Å². The largest absolute Gasteiger partial charge is 0.497 e. The average molecular weight is 421 g/mol. The van der Waals surface area contributed by atoms with Crippen molar-refractivity contribution in [2.75, 3.05) is 32.1 Å². The fraction of sp³-hybridized carbons (Fsp3) is 0.556. The Bertz CT molecular complexity index is 901. The molecule has 0 aliphatic carbocycles. The van der Waals surface area contributed by atoms with Gasteiger partial charge in [-0.2, -0.15) is 0 Å². The number of fused-ring (bicyclic) bond motifs is 4. The highest BCUT2D eigenvalue weighted by atomic mass is 16.5. The van der Waals surface area contributed by atoms with E-state index in [9.17, 15) is 5.11 Å². The van der Waals surface area contributed by atoms with Gasteiger partial charge in [-0.05, 0) is 67.0 Å². The molecule has 4 aliphatic rings. The summed E-state index contributed by atoms with van der Waals surface area (Å²) in [6.45, 7) is 4.62. The van der Waals surface area contributed by atoms with Gasteiger partial charge in [-0.25, -0.2) is 0 Å². The molecule has 0 spiro atoms. The van der Waals surface area contributed by atoms with Crippen molar-refractivity contribution >= 4 is 5.69 Å². The van der Waals surface area contributed by atoms with Gasteiger partial charge in [-0.3, -0.25) is 4.90 Å². The van der Waals surface area contributed by atoms with Gasteiger partial charge in [0.2, 0.25) is 0 Å². The van der Waals surface area contributed by atoms with Crippen LogP contribution in [0.5, 0.6) is 5.75 Å². The number of piperidine rings is 3. The number of benzene rings is 2. The van der Waals surface area contributed by atoms with Crippen molar-refractivity contribution in [2.45, 2.75) is 56.7 Å². The van der Waals surface area contributed by atoms with Crippen molar-refractivity contribution in [1.29, 1.82) is 0 Å². The lowest BCUT2D eigenvalue weighted by molar-refractivity contribution is -0.0649. The Hall–Kier alpha value is -2.04. The van der Waals surface area contributed by atoms with E-state index in [0.29, 0.717) is 0 Å². The van der Waals surface area contributed by atoms with Crippen molar-refractivity contribution in [1.82, 2.24) is 4.90 Å². The highest BCUT2D eigenvalue weighted by molar-refractivity contribution is 5.61. The maximum Gasteiger partial charge on any atom is 0.119 e. The summed E-state index contributed by atoms with van der Waals surface area (Å²) in [4.78, 5) is 4.97. The molecule has 0 aromatic heterocycles. The second-order valence-electron chi connectivity index (χ2n) is 9.81. The molecule has 4 aliphatic heterocycles. The van der Waals surface area contributed by atoms with Crippen LogP contribution in [0.3, 0.4) is 0 Å². The fourth-order valence-corrected chi connectivity index (χ4v) is 6.60. The molecule has 4 nitrogen and oxygen atoms in total. The molecular weight excluding hydrogens is 384 g/mol. The van der Waals surface area contributed by atoms with E-state index in [-0.39, 0.29) is 24.1 Å². The molecule has 0 saturated carbocycles. The Kier molecular flexibility index (Phi) is 5.70. The van der Waals surface area contributed by atoms with Crippen molar-refractivity contribution in [3.63, 3.8) is 0 Å². The van der Waals surface area contributed by atoms with Gasteiger partial charge in [0.1, 0.15) is 5.75 Å². The summed E-state index contributed by atoms with van der Waals surface area (Å²) in [5.41, 5.74) is 3.77. The number of nitrogens with zero attached hydrogens (tertiary/aromatic N) is 2. The smallest absolute Gasteiger partial charge is 0.119 e. The third kappa shape index (κ3) is 3.64. The zero-order valence-corrected chi connectivity index (χ0v) is 19.1. The minimum atomic E-state index is -0.355. The summed E-state index contributed by atoms with van der Waals surface area (Å²) >= 11 is 0. The monoisotopic (exact) mass is 420 g/mol. The van der Waals surface area contributed by atoms with E-state index >= 15 is 0 Å². The number of anilines is 1. The van der Waals surface area contributed by atoms with Crippen LogP contribution in [0.25, 0.3) is 0 Å². The molecule has 3 unspecified atom stereocenters. The summed E-state index contributed by atoms with van der Waals surface area (Å²) in [5.74, 6) is 2.56. The van der Waals surface area contributed by atoms with E-state index in [1.54, 1.807) is 7.11 Å². The minimum absolute atomic E-state index is 0.107. The van der Waals surface area contributed by atoms with Crippen molar-refractivity contribution in [2.24, 2.45) is 11.8 Å². The molecule has 166 valence electrons. The van der Waals surface area contributed by atoms with Crippen molar-refractivity contribution in [3.8, 4) is 5.75 Å². The highest BCUT2D eigenvalue weighted by Crippen LogP contribution is 2.49. The molecule has 0 radical (unpaired) electrons.